The van der Waals surface area contributed by atoms with Gasteiger partial charge in [-0.3, -0.25) is 0 Å². The maximum absolute atomic E-state index is 12.8. The molecule has 0 fully saturated rings. The molecule has 0 N–H and O–H groups in total. The molecule has 1 atom stereocenters. The highest BCUT2D eigenvalue weighted by molar-refractivity contribution is 9.11. The summed E-state index contributed by atoms with van der Waals surface area (Å²) in [7, 11) is 0. The highest BCUT2D eigenvalue weighted by atomic mass is 79.9. The summed E-state index contributed by atoms with van der Waals surface area (Å²) in [5, 5.41) is 0. The van der Waals surface area contributed by atoms with E-state index in [2.05, 4.69) is 25.4 Å². The van der Waals surface area contributed by atoms with Crippen LogP contribution >= 0.6 is 15.9 Å². The first-order chi connectivity index (χ1) is 7.36. The van der Waals surface area contributed by atoms with Crippen molar-refractivity contribution in [2.24, 2.45) is 0 Å². The first kappa shape index (κ1) is 13.2. The largest absolute Gasteiger partial charge is 0.467 e. The van der Waals surface area contributed by atoms with E-state index < -0.39 is 12.5 Å². The second-order valence-corrected chi connectivity index (χ2v) is 3.96. The van der Waals surface area contributed by atoms with Crippen molar-refractivity contribution < 1.29 is 22.6 Å². The zero-order chi connectivity index (χ0) is 12.3. The Hall–Kier alpha value is -0.910. The molecule has 90 valence electrons. The minimum atomic E-state index is -3.94. The molecule has 0 aromatic rings. The van der Waals surface area contributed by atoms with Crippen molar-refractivity contribution in [1.82, 2.24) is 0 Å². The summed E-state index contributed by atoms with van der Waals surface area (Å²) in [6.07, 6.45) is -2.00. The first-order valence-electron chi connectivity index (χ1n) is 4.45. The monoisotopic (exact) mass is 298 g/mol. The molecule has 0 saturated carbocycles. The van der Waals surface area contributed by atoms with Gasteiger partial charge in [-0.1, -0.05) is 28.1 Å². The summed E-state index contributed by atoms with van der Waals surface area (Å²) in [5.41, 5.74) is 0. The molecule has 6 heteroatoms. The fraction of sp³-hybridized carbons (Fsp3) is 0.400. The topological polar surface area (TPSA) is 18.5 Å². The van der Waals surface area contributed by atoms with Crippen molar-refractivity contribution in [1.29, 1.82) is 0 Å². The van der Waals surface area contributed by atoms with Gasteiger partial charge in [0.2, 0.25) is 0 Å². The van der Waals surface area contributed by atoms with E-state index in [-0.39, 0.29) is 11.5 Å². The highest BCUT2D eigenvalue weighted by Crippen LogP contribution is 2.35. The fourth-order valence-corrected chi connectivity index (χ4v) is 1.50. The predicted octanol–water partition coefficient (Wildman–Crippen LogP) is 4.01. The molecule has 0 aromatic carbocycles. The number of rotatable bonds is 2. The zero-order valence-electron chi connectivity index (χ0n) is 8.64. The summed E-state index contributed by atoms with van der Waals surface area (Å²) in [4.78, 5) is 0. The second kappa shape index (κ2) is 4.95. The maximum atomic E-state index is 12.8. The number of hydrogen-bond donors (Lipinski definition) is 0. The Morgan fingerprint density at radius 2 is 2.12 bits per heavy atom. The number of ether oxygens (including phenoxy) is 2. The van der Waals surface area contributed by atoms with Crippen LogP contribution in [0.5, 0.6) is 0 Å². The molecular weight excluding hydrogens is 289 g/mol. The summed E-state index contributed by atoms with van der Waals surface area (Å²) in [5.74, 6) is -0.233. The highest BCUT2D eigenvalue weighted by Gasteiger charge is 2.49. The van der Waals surface area contributed by atoms with Crippen molar-refractivity contribution in [3.63, 3.8) is 0 Å². The quantitative estimate of drug-likeness (QED) is 0.717. The SMILES string of the molecule is C/C=C\C(Br)=C/C1=C(C)OC(F)(F)C(F)O1. The van der Waals surface area contributed by atoms with Gasteiger partial charge in [0, 0.05) is 4.48 Å². The van der Waals surface area contributed by atoms with E-state index in [9.17, 15) is 13.2 Å². The second-order valence-electron chi connectivity index (χ2n) is 3.05. The summed E-state index contributed by atoms with van der Waals surface area (Å²) < 4.78 is 47.4. The average Bonchev–Trinajstić information content (AvgIpc) is 2.14. The molecule has 0 saturated heterocycles. The van der Waals surface area contributed by atoms with Crippen molar-refractivity contribution in [3.8, 4) is 0 Å². The Morgan fingerprint density at radius 1 is 1.50 bits per heavy atom. The molecular formula is C10H10BrF3O2. The summed E-state index contributed by atoms with van der Waals surface area (Å²) in [6, 6.07) is 0. The van der Waals surface area contributed by atoms with E-state index in [0.717, 1.165) is 0 Å². The number of alkyl halides is 3. The van der Waals surface area contributed by atoms with Gasteiger partial charge in [-0.25, -0.2) is 0 Å². The lowest BCUT2D eigenvalue weighted by Gasteiger charge is -2.28. The zero-order valence-corrected chi connectivity index (χ0v) is 10.2. The van der Waals surface area contributed by atoms with Gasteiger partial charge >= 0.3 is 12.5 Å². The first-order valence-corrected chi connectivity index (χ1v) is 5.24. The molecule has 0 spiro atoms. The van der Waals surface area contributed by atoms with E-state index in [1.807, 2.05) is 0 Å². The lowest BCUT2D eigenvalue weighted by Crippen LogP contribution is -2.38. The van der Waals surface area contributed by atoms with Crippen LogP contribution in [-0.4, -0.2) is 12.5 Å². The molecule has 1 unspecified atom stereocenters. The van der Waals surface area contributed by atoms with E-state index in [0.29, 0.717) is 4.48 Å². The number of hydrogen-bond acceptors (Lipinski definition) is 2. The Balaban J connectivity index is 2.94. The van der Waals surface area contributed by atoms with Crippen LogP contribution in [0.25, 0.3) is 0 Å². The smallest absolute Gasteiger partial charge is 0.448 e. The molecule has 0 aromatic heterocycles. The normalized spacial score (nSPS) is 25.6. The van der Waals surface area contributed by atoms with E-state index in [1.165, 1.54) is 13.0 Å². The van der Waals surface area contributed by atoms with Crippen LogP contribution in [0, 0.1) is 0 Å². The molecule has 1 aliphatic heterocycles. The standard InChI is InChI=1S/C10H10BrF3O2/c1-3-4-7(11)5-8-6(2)16-10(13,14)9(12)15-8/h3-5,9H,1-2H3/b4-3-,7-5+. The maximum Gasteiger partial charge on any atom is 0.467 e. The van der Waals surface area contributed by atoms with Crippen molar-refractivity contribution in [3.05, 3.63) is 34.2 Å². The van der Waals surface area contributed by atoms with Gasteiger partial charge in [0.15, 0.2) is 5.76 Å². The molecule has 0 bridgehead atoms. The lowest BCUT2D eigenvalue weighted by atomic mass is 10.3. The third-order valence-electron chi connectivity index (χ3n) is 1.73. The van der Waals surface area contributed by atoms with Crippen LogP contribution in [0.15, 0.2) is 34.2 Å². The molecule has 0 radical (unpaired) electrons. The third-order valence-corrected chi connectivity index (χ3v) is 2.22. The van der Waals surface area contributed by atoms with Crippen LogP contribution in [-0.2, 0) is 9.47 Å². The van der Waals surface area contributed by atoms with Gasteiger partial charge < -0.3 is 9.47 Å². The third kappa shape index (κ3) is 3.04. The van der Waals surface area contributed by atoms with Gasteiger partial charge in [-0.05, 0) is 19.9 Å². The molecule has 1 aliphatic rings. The average molecular weight is 299 g/mol. The van der Waals surface area contributed by atoms with Crippen LogP contribution in [0.2, 0.25) is 0 Å². The van der Waals surface area contributed by atoms with Gasteiger partial charge in [-0.2, -0.15) is 13.2 Å². The molecule has 1 heterocycles. The summed E-state index contributed by atoms with van der Waals surface area (Å²) in [6.45, 7) is 3.06. The van der Waals surface area contributed by atoms with Crippen molar-refractivity contribution in [2.75, 3.05) is 0 Å². The van der Waals surface area contributed by atoms with Crippen LogP contribution in [0.1, 0.15) is 13.8 Å². The van der Waals surface area contributed by atoms with Gasteiger partial charge in [-0.15, -0.1) is 0 Å². The van der Waals surface area contributed by atoms with Gasteiger partial charge in [0.05, 0.1) is 0 Å². The number of halogens is 4. The van der Waals surface area contributed by atoms with Crippen LogP contribution in [0.4, 0.5) is 13.2 Å². The van der Waals surface area contributed by atoms with E-state index in [4.69, 9.17) is 0 Å². The Bertz CT molecular complexity index is 361. The minimum Gasteiger partial charge on any atom is -0.448 e. The predicted molar refractivity (Wildman–Crippen MR) is 56.5 cm³/mol. The van der Waals surface area contributed by atoms with Crippen LogP contribution in [0.3, 0.4) is 0 Å². The summed E-state index contributed by atoms with van der Waals surface area (Å²) >= 11 is 3.14. The Kier molecular flexibility index (Phi) is 4.07. The van der Waals surface area contributed by atoms with Gasteiger partial charge in [0.25, 0.3) is 0 Å². The van der Waals surface area contributed by atoms with Gasteiger partial charge in [0.1, 0.15) is 5.76 Å². The Labute approximate surface area is 99.5 Å². The molecule has 16 heavy (non-hydrogen) atoms. The fourth-order valence-electron chi connectivity index (χ4n) is 1.03. The van der Waals surface area contributed by atoms with Crippen molar-refractivity contribution in [2.45, 2.75) is 26.3 Å². The molecule has 2 nitrogen and oxygen atoms in total. The van der Waals surface area contributed by atoms with Crippen LogP contribution < -0.4 is 0 Å². The lowest BCUT2D eigenvalue weighted by molar-refractivity contribution is -0.322. The molecule has 1 rings (SSSR count). The van der Waals surface area contributed by atoms with Crippen molar-refractivity contribution >= 4 is 15.9 Å². The molecule has 0 aliphatic carbocycles. The minimum absolute atomic E-state index is 0.0663. The van der Waals surface area contributed by atoms with E-state index in [1.54, 1.807) is 19.1 Å². The van der Waals surface area contributed by atoms with E-state index >= 15 is 0 Å². The Morgan fingerprint density at radius 3 is 2.69 bits per heavy atom. The molecule has 0 amide bonds. The number of allylic oxidation sites excluding steroid dienone is 5.